The molecule has 2 N–H and O–H groups in total. The number of carbonyl (C=O) groups is 1. The second-order valence-corrected chi connectivity index (χ2v) is 7.96. The van der Waals surface area contributed by atoms with Crippen molar-refractivity contribution in [2.24, 2.45) is 0 Å². The fourth-order valence-electron chi connectivity index (χ4n) is 3.09. The number of nitrogens with zero attached hydrogens (tertiary/aromatic N) is 7. The molecule has 2 amide bonds. The SMILES string of the molecule is COC(C)c1c(NC(=O)Nc2cnc(-n3cnnn3)c(C(F)(F)F)c2)cnc2sc(C)nc12. The summed E-state index contributed by atoms with van der Waals surface area (Å²) in [5, 5.41) is 15.8. The number of urea groups is 1. The molecule has 4 aromatic rings. The van der Waals surface area contributed by atoms with E-state index in [0.717, 1.165) is 28.3 Å². The van der Waals surface area contributed by atoms with Gasteiger partial charge in [0.05, 0.1) is 34.9 Å². The van der Waals surface area contributed by atoms with Crippen LogP contribution in [0.25, 0.3) is 16.2 Å². The molecule has 4 heterocycles. The van der Waals surface area contributed by atoms with Gasteiger partial charge in [-0.05, 0) is 30.3 Å². The van der Waals surface area contributed by atoms with Crippen LogP contribution in [0.15, 0.2) is 24.8 Å². The van der Waals surface area contributed by atoms with E-state index in [1.54, 1.807) is 6.92 Å². The summed E-state index contributed by atoms with van der Waals surface area (Å²) in [6.07, 6.45) is -1.69. The Morgan fingerprint density at radius 1 is 1.24 bits per heavy atom. The third-order valence-corrected chi connectivity index (χ3v) is 5.46. The zero-order valence-electron chi connectivity index (χ0n) is 17.4. The molecule has 33 heavy (non-hydrogen) atoms. The zero-order valence-corrected chi connectivity index (χ0v) is 18.2. The Bertz CT molecular complexity index is 1310. The summed E-state index contributed by atoms with van der Waals surface area (Å²) in [7, 11) is 1.51. The molecule has 0 aromatic carbocycles. The number of halogens is 3. The van der Waals surface area contributed by atoms with Gasteiger partial charge in [-0.25, -0.2) is 19.7 Å². The predicted molar refractivity (Wildman–Crippen MR) is 112 cm³/mol. The molecule has 0 spiro atoms. The fourth-order valence-corrected chi connectivity index (χ4v) is 3.86. The number of anilines is 2. The average Bonchev–Trinajstić information content (AvgIpc) is 3.41. The number of nitrogens with one attached hydrogen (secondary N) is 2. The Balaban J connectivity index is 1.63. The van der Waals surface area contributed by atoms with E-state index in [0.29, 0.717) is 21.6 Å². The van der Waals surface area contributed by atoms with Gasteiger partial charge >= 0.3 is 12.2 Å². The number of aromatic nitrogens is 7. The molecule has 0 aliphatic rings. The summed E-state index contributed by atoms with van der Waals surface area (Å²) < 4.78 is 46.9. The van der Waals surface area contributed by atoms with Crippen LogP contribution in [-0.2, 0) is 10.9 Å². The molecule has 0 aliphatic carbocycles. The highest BCUT2D eigenvalue weighted by Crippen LogP contribution is 2.35. The maximum absolute atomic E-state index is 13.6. The first-order valence-electron chi connectivity index (χ1n) is 9.34. The van der Waals surface area contributed by atoms with Crippen LogP contribution in [0.3, 0.4) is 0 Å². The number of aryl methyl sites for hydroxylation is 1. The van der Waals surface area contributed by atoms with Gasteiger partial charge < -0.3 is 15.4 Å². The van der Waals surface area contributed by atoms with Gasteiger partial charge in [0.2, 0.25) is 0 Å². The van der Waals surface area contributed by atoms with Crippen LogP contribution in [0.4, 0.5) is 29.3 Å². The number of fused-ring (bicyclic) bond motifs is 1. The maximum Gasteiger partial charge on any atom is 0.420 e. The second-order valence-electron chi connectivity index (χ2n) is 6.78. The first-order valence-corrected chi connectivity index (χ1v) is 10.2. The van der Waals surface area contributed by atoms with Crippen molar-refractivity contribution in [3.8, 4) is 5.82 Å². The Hall–Kier alpha value is -3.72. The molecular formula is C18H16F3N9O2S. The highest BCUT2D eigenvalue weighted by atomic mass is 32.1. The minimum atomic E-state index is -4.76. The van der Waals surface area contributed by atoms with Crippen LogP contribution < -0.4 is 10.6 Å². The van der Waals surface area contributed by atoms with E-state index in [-0.39, 0.29) is 5.69 Å². The van der Waals surface area contributed by atoms with Crippen LogP contribution in [-0.4, -0.2) is 48.3 Å². The summed E-state index contributed by atoms with van der Waals surface area (Å²) in [4.78, 5) is 25.8. The Morgan fingerprint density at radius 2 is 2.03 bits per heavy atom. The van der Waals surface area contributed by atoms with Crippen molar-refractivity contribution in [2.75, 3.05) is 17.7 Å². The lowest BCUT2D eigenvalue weighted by Crippen LogP contribution is -2.22. The first-order chi connectivity index (χ1) is 15.7. The summed E-state index contributed by atoms with van der Waals surface area (Å²) in [6.45, 7) is 3.61. The molecule has 0 bridgehead atoms. The number of ether oxygens (including phenoxy) is 1. The van der Waals surface area contributed by atoms with Crippen molar-refractivity contribution in [1.29, 1.82) is 0 Å². The maximum atomic E-state index is 13.6. The first kappa shape index (κ1) is 22.5. The monoisotopic (exact) mass is 479 g/mol. The van der Waals surface area contributed by atoms with Gasteiger partial charge in [-0.15, -0.1) is 5.10 Å². The molecule has 1 atom stereocenters. The molecule has 1 unspecified atom stereocenters. The highest BCUT2D eigenvalue weighted by Gasteiger charge is 2.36. The summed E-state index contributed by atoms with van der Waals surface area (Å²) in [5.74, 6) is -0.525. The van der Waals surface area contributed by atoms with Crippen molar-refractivity contribution < 1.29 is 22.7 Å². The number of tetrazole rings is 1. The Kier molecular flexibility index (Phi) is 5.90. The van der Waals surface area contributed by atoms with Gasteiger partial charge in [-0.2, -0.15) is 17.9 Å². The van der Waals surface area contributed by atoms with Gasteiger partial charge in [0.25, 0.3) is 0 Å². The number of hydrogen-bond donors (Lipinski definition) is 2. The van der Waals surface area contributed by atoms with Crippen molar-refractivity contribution in [3.05, 3.63) is 40.9 Å². The van der Waals surface area contributed by atoms with Crippen molar-refractivity contribution in [1.82, 2.24) is 35.2 Å². The molecule has 172 valence electrons. The van der Waals surface area contributed by atoms with Crippen molar-refractivity contribution in [3.63, 3.8) is 0 Å². The molecule has 0 saturated heterocycles. The van der Waals surface area contributed by atoms with Crippen LogP contribution in [0.1, 0.15) is 29.2 Å². The third-order valence-electron chi connectivity index (χ3n) is 4.58. The number of rotatable bonds is 5. The summed E-state index contributed by atoms with van der Waals surface area (Å²) >= 11 is 1.39. The van der Waals surface area contributed by atoms with Crippen molar-refractivity contribution >= 4 is 39.1 Å². The lowest BCUT2D eigenvalue weighted by atomic mass is 10.1. The summed E-state index contributed by atoms with van der Waals surface area (Å²) in [5.41, 5.74) is 0.189. The molecule has 4 rings (SSSR count). The van der Waals surface area contributed by atoms with E-state index in [4.69, 9.17) is 4.74 Å². The molecular weight excluding hydrogens is 463 g/mol. The van der Waals surface area contributed by atoms with Gasteiger partial charge in [0.1, 0.15) is 22.2 Å². The van der Waals surface area contributed by atoms with Gasteiger partial charge in [-0.3, -0.25) is 0 Å². The second kappa shape index (κ2) is 8.67. The number of alkyl halides is 3. The van der Waals surface area contributed by atoms with Crippen LogP contribution >= 0.6 is 11.3 Å². The van der Waals surface area contributed by atoms with Crippen LogP contribution in [0, 0.1) is 6.92 Å². The van der Waals surface area contributed by atoms with Crippen LogP contribution in [0.2, 0.25) is 0 Å². The normalized spacial score (nSPS) is 12.7. The van der Waals surface area contributed by atoms with E-state index in [1.807, 2.05) is 6.92 Å². The highest BCUT2D eigenvalue weighted by molar-refractivity contribution is 7.18. The lowest BCUT2D eigenvalue weighted by Gasteiger charge is -2.17. The van der Waals surface area contributed by atoms with E-state index < -0.39 is 29.7 Å². The largest absolute Gasteiger partial charge is 0.420 e. The van der Waals surface area contributed by atoms with E-state index in [1.165, 1.54) is 24.6 Å². The zero-order chi connectivity index (χ0) is 23.8. The molecule has 0 radical (unpaired) electrons. The number of carbonyl (C=O) groups excluding carboxylic acids is 1. The Labute approximate surface area is 188 Å². The van der Waals surface area contributed by atoms with E-state index in [9.17, 15) is 18.0 Å². The quantitative estimate of drug-likeness (QED) is 0.442. The number of methoxy groups -OCH3 is 1. The number of hydrogen-bond acceptors (Lipinski definition) is 9. The lowest BCUT2D eigenvalue weighted by molar-refractivity contribution is -0.137. The van der Waals surface area contributed by atoms with E-state index in [2.05, 4.69) is 41.1 Å². The molecule has 4 aromatic heterocycles. The van der Waals surface area contributed by atoms with Gasteiger partial charge in [0.15, 0.2) is 5.82 Å². The minimum Gasteiger partial charge on any atom is -0.377 e. The standard InChI is InChI=1S/C18H16F3N9O2S/c1-8(32-3)13-12(6-23-16-14(13)25-9(2)33-16)27-17(31)26-10-4-11(18(19,20)21)15(22-5-10)30-7-24-28-29-30/h4-8H,1-3H3,(H2,26,27,31). The minimum absolute atomic E-state index is 0.184. The third kappa shape index (κ3) is 4.58. The number of thiazole rings is 1. The van der Waals surface area contributed by atoms with E-state index >= 15 is 0 Å². The van der Waals surface area contributed by atoms with Crippen LogP contribution in [0.5, 0.6) is 0 Å². The number of amides is 2. The fraction of sp³-hybridized carbons (Fsp3) is 0.278. The average molecular weight is 479 g/mol. The molecule has 0 saturated carbocycles. The van der Waals surface area contributed by atoms with Gasteiger partial charge in [0, 0.05) is 12.7 Å². The topological polar surface area (TPSA) is 133 Å². The molecule has 0 fully saturated rings. The molecule has 11 nitrogen and oxygen atoms in total. The van der Waals surface area contributed by atoms with Crippen molar-refractivity contribution in [2.45, 2.75) is 26.1 Å². The molecule has 15 heteroatoms. The predicted octanol–water partition coefficient (Wildman–Crippen LogP) is 3.74. The van der Waals surface area contributed by atoms with Gasteiger partial charge in [-0.1, -0.05) is 11.3 Å². The summed E-state index contributed by atoms with van der Waals surface area (Å²) in [6, 6.07) is -0.0502. The number of pyridine rings is 2. The molecule has 0 aliphatic heterocycles. The Morgan fingerprint density at radius 3 is 2.70 bits per heavy atom. The smallest absolute Gasteiger partial charge is 0.377 e.